The van der Waals surface area contributed by atoms with E-state index in [4.69, 9.17) is 10.5 Å². The molecule has 3 N–H and O–H groups in total. The Labute approximate surface area is 137 Å². The molecule has 2 rings (SSSR count). The number of benzene rings is 1. The van der Waals surface area contributed by atoms with Gasteiger partial charge in [-0.25, -0.2) is 9.37 Å². The summed E-state index contributed by atoms with van der Waals surface area (Å²) in [5.74, 6) is -1.28. The fourth-order valence-corrected chi connectivity index (χ4v) is 2.22. The van der Waals surface area contributed by atoms with Gasteiger partial charge >= 0.3 is 0 Å². The van der Waals surface area contributed by atoms with Gasteiger partial charge in [-0.2, -0.15) is 9.49 Å². The Hall–Kier alpha value is -2.22. The predicted molar refractivity (Wildman–Crippen MR) is 89.1 cm³/mol. The van der Waals surface area contributed by atoms with Crippen LogP contribution in [0, 0.1) is 17.6 Å². The van der Waals surface area contributed by atoms with Gasteiger partial charge in [-0.15, -0.1) is 11.3 Å². The number of nitrogens with two attached hydrogens (primary N) is 1. The molecule has 1 aromatic carbocycles. The molecule has 0 unspecified atom stereocenters. The van der Waals surface area contributed by atoms with Crippen LogP contribution in [0.15, 0.2) is 22.6 Å². The van der Waals surface area contributed by atoms with Crippen LogP contribution in [0.5, 0.6) is 5.75 Å². The molecule has 0 bridgehead atoms. The minimum Gasteiger partial charge on any atom is -0.490 e. The van der Waals surface area contributed by atoms with Crippen molar-refractivity contribution in [2.75, 3.05) is 17.8 Å². The van der Waals surface area contributed by atoms with Crippen molar-refractivity contribution in [2.24, 2.45) is 11.0 Å². The zero-order valence-corrected chi connectivity index (χ0v) is 13.7. The van der Waals surface area contributed by atoms with Crippen LogP contribution >= 0.6 is 11.3 Å². The summed E-state index contributed by atoms with van der Waals surface area (Å²) in [5.41, 5.74) is 8.53. The van der Waals surface area contributed by atoms with Crippen molar-refractivity contribution in [1.82, 2.24) is 4.98 Å². The number of halogens is 2. The molecule has 0 aliphatic rings. The highest BCUT2D eigenvalue weighted by Gasteiger charge is 2.11. The van der Waals surface area contributed by atoms with Gasteiger partial charge in [-0.05, 0) is 24.5 Å². The quantitative estimate of drug-likeness (QED) is 0.593. The van der Waals surface area contributed by atoms with Gasteiger partial charge in [-0.1, -0.05) is 13.8 Å². The Balaban J connectivity index is 2.04. The Morgan fingerprint density at radius 1 is 1.43 bits per heavy atom. The molecule has 1 aromatic heterocycles. The lowest BCUT2D eigenvalue weighted by atomic mass is 10.1. The lowest BCUT2D eigenvalue weighted by molar-refractivity contribution is 0.272. The summed E-state index contributed by atoms with van der Waals surface area (Å²) in [5, 5.41) is 6.09. The van der Waals surface area contributed by atoms with Gasteiger partial charge in [0.05, 0.1) is 12.8 Å². The first-order chi connectivity index (χ1) is 11.0. The minimum atomic E-state index is -0.994. The molecule has 0 aliphatic carbocycles. The summed E-state index contributed by atoms with van der Waals surface area (Å²) in [6, 6.07) is 2.45. The fourth-order valence-electron chi connectivity index (χ4n) is 1.67. The molecule has 0 aliphatic heterocycles. The first-order valence-corrected chi connectivity index (χ1v) is 7.95. The molecule has 124 valence electrons. The first-order valence-electron chi connectivity index (χ1n) is 7.07. The third kappa shape index (κ3) is 5.17. The Kier molecular flexibility index (Phi) is 5.86. The van der Waals surface area contributed by atoms with Gasteiger partial charge in [0, 0.05) is 10.9 Å². The molecule has 0 spiro atoms. The second-order valence-electron chi connectivity index (χ2n) is 5.29. The smallest absolute Gasteiger partial charge is 0.205 e. The predicted octanol–water partition coefficient (Wildman–Crippen LogP) is 3.87. The molecule has 0 saturated heterocycles. The summed E-state index contributed by atoms with van der Waals surface area (Å²) in [4.78, 5) is 3.96. The summed E-state index contributed by atoms with van der Waals surface area (Å²) < 4.78 is 32.6. The van der Waals surface area contributed by atoms with Crippen LogP contribution in [-0.2, 0) is 0 Å². The number of rotatable bonds is 7. The van der Waals surface area contributed by atoms with Gasteiger partial charge in [0.1, 0.15) is 5.82 Å². The van der Waals surface area contributed by atoms with E-state index in [9.17, 15) is 8.78 Å². The average Bonchev–Trinajstić information content (AvgIpc) is 2.89. The topological polar surface area (TPSA) is 72.5 Å². The van der Waals surface area contributed by atoms with Gasteiger partial charge < -0.3 is 10.5 Å². The number of anilines is 2. The van der Waals surface area contributed by atoms with Crippen LogP contribution in [0.25, 0.3) is 0 Å². The Morgan fingerprint density at radius 3 is 2.87 bits per heavy atom. The van der Waals surface area contributed by atoms with Gasteiger partial charge in [0.2, 0.25) is 10.9 Å². The highest BCUT2D eigenvalue weighted by Crippen LogP contribution is 2.22. The van der Waals surface area contributed by atoms with Crippen molar-refractivity contribution in [2.45, 2.75) is 20.3 Å². The van der Waals surface area contributed by atoms with E-state index >= 15 is 0 Å². The van der Waals surface area contributed by atoms with E-state index in [2.05, 4.69) is 15.5 Å². The molecule has 5 nitrogen and oxygen atoms in total. The van der Waals surface area contributed by atoms with Crippen molar-refractivity contribution in [3.63, 3.8) is 0 Å². The SMILES string of the molecule is CC(C)CCOc1cc(C=NNc2nc(N)cs2)cc(F)c1F. The maximum atomic E-state index is 13.7. The zero-order valence-electron chi connectivity index (χ0n) is 12.8. The van der Waals surface area contributed by atoms with Crippen molar-refractivity contribution < 1.29 is 13.5 Å². The number of aromatic nitrogens is 1. The van der Waals surface area contributed by atoms with Gasteiger partial charge in [-0.3, -0.25) is 5.43 Å². The van der Waals surface area contributed by atoms with Crippen molar-refractivity contribution >= 4 is 28.5 Å². The number of nitrogens with one attached hydrogen (secondary N) is 1. The maximum Gasteiger partial charge on any atom is 0.205 e. The molecule has 0 radical (unpaired) electrons. The first kappa shape index (κ1) is 17.1. The number of ether oxygens (including phenoxy) is 1. The lowest BCUT2D eigenvalue weighted by Gasteiger charge is -2.10. The van der Waals surface area contributed by atoms with Gasteiger partial charge in [0.15, 0.2) is 11.6 Å². The second kappa shape index (κ2) is 7.87. The van der Waals surface area contributed by atoms with Crippen LogP contribution in [0.3, 0.4) is 0 Å². The summed E-state index contributed by atoms with van der Waals surface area (Å²) in [7, 11) is 0. The average molecular weight is 340 g/mol. The minimum absolute atomic E-state index is 0.120. The van der Waals surface area contributed by atoms with Crippen molar-refractivity contribution in [3.8, 4) is 5.75 Å². The van der Waals surface area contributed by atoms with Crippen LogP contribution < -0.4 is 15.9 Å². The highest BCUT2D eigenvalue weighted by molar-refractivity contribution is 7.14. The maximum absolute atomic E-state index is 13.7. The van der Waals surface area contributed by atoms with E-state index in [1.807, 2.05) is 13.8 Å². The zero-order chi connectivity index (χ0) is 16.8. The van der Waals surface area contributed by atoms with Crippen LogP contribution in [0.4, 0.5) is 19.7 Å². The highest BCUT2D eigenvalue weighted by atomic mass is 32.1. The van der Waals surface area contributed by atoms with E-state index in [1.54, 1.807) is 5.38 Å². The number of hydrogen-bond acceptors (Lipinski definition) is 6. The number of nitrogens with zero attached hydrogens (tertiary/aromatic N) is 2. The summed E-state index contributed by atoms with van der Waals surface area (Å²) >= 11 is 1.29. The third-order valence-electron chi connectivity index (χ3n) is 2.87. The molecule has 0 atom stereocenters. The molecule has 0 amide bonds. The fraction of sp³-hybridized carbons (Fsp3) is 0.333. The Bertz CT molecular complexity index is 688. The number of thiazole rings is 1. The van der Waals surface area contributed by atoms with Crippen LogP contribution in [0.1, 0.15) is 25.8 Å². The van der Waals surface area contributed by atoms with E-state index in [0.29, 0.717) is 29.0 Å². The lowest BCUT2D eigenvalue weighted by Crippen LogP contribution is -2.04. The third-order valence-corrected chi connectivity index (χ3v) is 3.63. The number of hydrogen-bond donors (Lipinski definition) is 2. The molecule has 0 fully saturated rings. The standard InChI is InChI=1S/C15H18F2N4OS/c1-9(2)3-4-22-12-6-10(5-11(16)14(12)17)7-19-21-15-20-13(18)8-23-15/h5-9H,3-4,18H2,1-2H3,(H,20,21). The number of hydrazone groups is 1. The van der Waals surface area contributed by atoms with Crippen LogP contribution in [-0.4, -0.2) is 17.8 Å². The van der Waals surface area contributed by atoms with Crippen molar-refractivity contribution in [1.29, 1.82) is 0 Å². The Morgan fingerprint density at radius 2 is 2.22 bits per heavy atom. The van der Waals surface area contributed by atoms with E-state index in [1.165, 1.54) is 23.6 Å². The normalized spacial score (nSPS) is 11.3. The molecule has 2 aromatic rings. The summed E-state index contributed by atoms with van der Waals surface area (Å²) in [6.45, 7) is 4.38. The molecular formula is C15H18F2N4OS. The second-order valence-corrected chi connectivity index (χ2v) is 6.15. The van der Waals surface area contributed by atoms with Gasteiger partial charge in [0.25, 0.3) is 0 Å². The van der Waals surface area contributed by atoms with E-state index in [0.717, 1.165) is 12.5 Å². The van der Waals surface area contributed by atoms with E-state index < -0.39 is 11.6 Å². The molecule has 23 heavy (non-hydrogen) atoms. The molecule has 0 saturated carbocycles. The largest absolute Gasteiger partial charge is 0.490 e. The van der Waals surface area contributed by atoms with Crippen molar-refractivity contribution in [3.05, 3.63) is 34.7 Å². The van der Waals surface area contributed by atoms with Crippen LogP contribution in [0.2, 0.25) is 0 Å². The van der Waals surface area contributed by atoms with E-state index in [-0.39, 0.29) is 5.75 Å². The molecule has 1 heterocycles. The summed E-state index contributed by atoms with van der Waals surface area (Å²) in [6.07, 6.45) is 2.11. The molecular weight excluding hydrogens is 322 g/mol. The molecule has 8 heteroatoms. The number of nitrogen functional groups attached to an aromatic ring is 1. The monoisotopic (exact) mass is 340 g/mol.